The first-order chi connectivity index (χ1) is 10.6. The van der Waals surface area contributed by atoms with Crippen LogP contribution in [0, 0.1) is 5.92 Å². The number of carbonyl (C=O) groups excluding carboxylic acids is 2. The molecule has 1 aliphatic heterocycles. The molecule has 122 valence electrons. The van der Waals surface area contributed by atoms with Crippen LogP contribution < -0.4 is 0 Å². The fraction of sp³-hybridized carbons (Fsp3) is 0.667. The summed E-state index contributed by atoms with van der Waals surface area (Å²) >= 11 is 0. The number of piperazine rings is 1. The lowest BCUT2D eigenvalue weighted by molar-refractivity contribution is -0.152. The van der Waals surface area contributed by atoms with Crippen molar-refractivity contribution in [3.8, 4) is 0 Å². The average Bonchev–Trinajstić information content (AvgIpc) is 2.60. The summed E-state index contributed by atoms with van der Waals surface area (Å²) in [5.74, 6) is 0.363. The van der Waals surface area contributed by atoms with E-state index in [1.165, 1.54) is 6.08 Å². The van der Waals surface area contributed by atoms with Gasteiger partial charge in [0.2, 0.25) is 11.8 Å². The van der Waals surface area contributed by atoms with Crippen LogP contribution in [0.2, 0.25) is 0 Å². The molecule has 2 rings (SSSR count). The Balaban J connectivity index is 2.19. The molecule has 0 unspecified atom stereocenters. The van der Waals surface area contributed by atoms with Gasteiger partial charge >= 0.3 is 0 Å². The fourth-order valence-corrected chi connectivity index (χ4v) is 3.73. The van der Waals surface area contributed by atoms with Crippen molar-refractivity contribution in [2.24, 2.45) is 5.92 Å². The Hall–Kier alpha value is -1.58. The second kappa shape index (κ2) is 7.12. The van der Waals surface area contributed by atoms with Crippen LogP contribution in [0.3, 0.4) is 0 Å². The molecule has 0 aromatic rings. The Morgan fingerprint density at radius 3 is 2.55 bits per heavy atom. The maximum absolute atomic E-state index is 13.0. The molecule has 0 aromatic carbocycles. The second-order valence-corrected chi connectivity index (χ2v) is 6.37. The Morgan fingerprint density at radius 2 is 2.00 bits per heavy atom. The zero-order valence-electron chi connectivity index (χ0n) is 13.9. The standard InChI is InChI=1S/C18H28N2O2/c1-4-16(21)19-12-13-20(18(5-2,6-3)14-19)17(22)15-10-8-7-9-11-15/h4,7-8,15H,1,5-6,9-14H2,2-3H3/t15-/m1/s1. The van der Waals surface area contributed by atoms with Gasteiger partial charge < -0.3 is 9.80 Å². The van der Waals surface area contributed by atoms with Crippen molar-refractivity contribution in [3.05, 3.63) is 24.8 Å². The summed E-state index contributed by atoms with van der Waals surface area (Å²) in [6.45, 7) is 9.69. The first-order valence-corrected chi connectivity index (χ1v) is 8.45. The molecule has 4 heteroatoms. The zero-order chi connectivity index (χ0) is 16.2. The maximum atomic E-state index is 13.0. The third-order valence-corrected chi connectivity index (χ3v) is 5.34. The zero-order valence-corrected chi connectivity index (χ0v) is 13.9. The molecule has 1 saturated heterocycles. The van der Waals surface area contributed by atoms with Crippen molar-refractivity contribution in [3.63, 3.8) is 0 Å². The van der Waals surface area contributed by atoms with Gasteiger partial charge in [-0.25, -0.2) is 0 Å². The highest BCUT2D eigenvalue weighted by Gasteiger charge is 2.43. The van der Waals surface area contributed by atoms with Gasteiger partial charge in [-0.05, 0) is 38.2 Å². The quantitative estimate of drug-likeness (QED) is 0.592. The summed E-state index contributed by atoms with van der Waals surface area (Å²) in [5.41, 5.74) is -0.227. The molecule has 0 spiro atoms. The van der Waals surface area contributed by atoms with Crippen molar-refractivity contribution in [1.82, 2.24) is 9.80 Å². The van der Waals surface area contributed by atoms with E-state index in [-0.39, 0.29) is 23.3 Å². The van der Waals surface area contributed by atoms with Gasteiger partial charge in [-0.15, -0.1) is 0 Å². The van der Waals surface area contributed by atoms with E-state index in [4.69, 9.17) is 0 Å². The molecule has 0 aromatic heterocycles. The average molecular weight is 304 g/mol. The summed E-state index contributed by atoms with van der Waals surface area (Å²) in [5, 5.41) is 0. The van der Waals surface area contributed by atoms with Gasteiger partial charge in [0, 0.05) is 25.6 Å². The smallest absolute Gasteiger partial charge is 0.246 e. The molecule has 0 bridgehead atoms. The van der Waals surface area contributed by atoms with Gasteiger partial charge in [0.05, 0.1) is 5.54 Å². The van der Waals surface area contributed by atoms with Crippen molar-refractivity contribution >= 4 is 11.8 Å². The predicted molar refractivity (Wildman–Crippen MR) is 88.3 cm³/mol. The third kappa shape index (κ3) is 3.11. The van der Waals surface area contributed by atoms with Crippen LogP contribution in [-0.2, 0) is 9.59 Å². The van der Waals surface area contributed by atoms with Gasteiger partial charge in [-0.3, -0.25) is 9.59 Å². The van der Waals surface area contributed by atoms with Crippen LogP contribution in [0.25, 0.3) is 0 Å². The van der Waals surface area contributed by atoms with Crippen LogP contribution >= 0.6 is 0 Å². The molecule has 4 nitrogen and oxygen atoms in total. The molecule has 1 fully saturated rings. The molecular formula is C18H28N2O2. The summed E-state index contributed by atoms with van der Waals surface area (Å²) in [7, 11) is 0. The van der Waals surface area contributed by atoms with Crippen LogP contribution in [-0.4, -0.2) is 46.8 Å². The van der Waals surface area contributed by atoms with Crippen LogP contribution in [0.15, 0.2) is 24.8 Å². The number of carbonyl (C=O) groups is 2. The van der Waals surface area contributed by atoms with Crippen molar-refractivity contribution < 1.29 is 9.59 Å². The van der Waals surface area contributed by atoms with Crippen molar-refractivity contribution in [2.75, 3.05) is 19.6 Å². The van der Waals surface area contributed by atoms with E-state index in [1.807, 2.05) is 4.90 Å². The van der Waals surface area contributed by atoms with Crippen LogP contribution in [0.5, 0.6) is 0 Å². The lowest BCUT2D eigenvalue weighted by Gasteiger charge is -2.51. The minimum Gasteiger partial charge on any atom is -0.335 e. The third-order valence-electron chi connectivity index (χ3n) is 5.34. The maximum Gasteiger partial charge on any atom is 0.246 e. The number of nitrogens with zero attached hydrogens (tertiary/aromatic N) is 2. The van der Waals surface area contributed by atoms with Crippen LogP contribution in [0.1, 0.15) is 46.0 Å². The normalized spacial score (nSPS) is 24.2. The second-order valence-electron chi connectivity index (χ2n) is 6.37. The van der Waals surface area contributed by atoms with E-state index in [1.54, 1.807) is 0 Å². The topological polar surface area (TPSA) is 40.6 Å². The number of hydrogen-bond acceptors (Lipinski definition) is 2. The van der Waals surface area contributed by atoms with E-state index in [0.717, 1.165) is 32.1 Å². The summed E-state index contributed by atoms with van der Waals surface area (Å²) in [4.78, 5) is 28.9. The van der Waals surface area contributed by atoms with Gasteiger partial charge in [-0.1, -0.05) is 32.6 Å². The molecule has 0 saturated carbocycles. The Kier molecular flexibility index (Phi) is 5.43. The lowest BCUT2D eigenvalue weighted by atomic mass is 9.84. The first-order valence-electron chi connectivity index (χ1n) is 8.45. The first kappa shape index (κ1) is 16.8. The van der Waals surface area contributed by atoms with E-state index in [9.17, 15) is 9.59 Å². The highest BCUT2D eigenvalue weighted by atomic mass is 16.2. The van der Waals surface area contributed by atoms with E-state index in [2.05, 4.69) is 37.5 Å². The molecule has 1 heterocycles. The minimum absolute atomic E-state index is 0.0287. The predicted octanol–water partition coefficient (Wildman–Crippen LogP) is 2.76. The highest BCUT2D eigenvalue weighted by molar-refractivity contribution is 5.87. The Bertz CT molecular complexity index is 466. The van der Waals surface area contributed by atoms with E-state index < -0.39 is 0 Å². The Morgan fingerprint density at radius 1 is 1.27 bits per heavy atom. The number of rotatable bonds is 4. The summed E-state index contributed by atoms with van der Waals surface area (Å²) < 4.78 is 0. The van der Waals surface area contributed by atoms with Crippen molar-refractivity contribution in [1.29, 1.82) is 0 Å². The van der Waals surface area contributed by atoms with Gasteiger partial charge in [0.25, 0.3) is 0 Å². The van der Waals surface area contributed by atoms with E-state index in [0.29, 0.717) is 19.6 Å². The molecule has 0 radical (unpaired) electrons. The van der Waals surface area contributed by atoms with Gasteiger partial charge in [-0.2, -0.15) is 0 Å². The van der Waals surface area contributed by atoms with Crippen molar-refractivity contribution in [2.45, 2.75) is 51.5 Å². The summed E-state index contributed by atoms with van der Waals surface area (Å²) in [6, 6.07) is 0. The number of hydrogen-bond donors (Lipinski definition) is 0. The summed E-state index contributed by atoms with van der Waals surface area (Å²) in [6.07, 6.45) is 10.2. The monoisotopic (exact) mass is 304 g/mol. The fourth-order valence-electron chi connectivity index (χ4n) is 3.73. The van der Waals surface area contributed by atoms with E-state index >= 15 is 0 Å². The molecule has 0 N–H and O–H groups in total. The largest absolute Gasteiger partial charge is 0.335 e. The number of amides is 2. The molecule has 1 atom stereocenters. The highest BCUT2D eigenvalue weighted by Crippen LogP contribution is 2.32. The molecule has 2 amide bonds. The molecule has 1 aliphatic carbocycles. The van der Waals surface area contributed by atoms with Gasteiger partial charge in [0.15, 0.2) is 0 Å². The Labute approximate surface area is 133 Å². The molecule has 22 heavy (non-hydrogen) atoms. The lowest BCUT2D eigenvalue weighted by Crippen LogP contribution is -2.65. The van der Waals surface area contributed by atoms with Gasteiger partial charge in [0.1, 0.15) is 0 Å². The van der Waals surface area contributed by atoms with Crippen LogP contribution in [0.4, 0.5) is 0 Å². The minimum atomic E-state index is -0.227. The molecular weight excluding hydrogens is 276 g/mol. The SMILES string of the molecule is C=CC(=O)N1CCN(C(=O)[C@@H]2CC=CCC2)C(CC)(CC)C1. The molecule has 2 aliphatic rings. The number of allylic oxidation sites excluding steroid dienone is 2.